The van der Waals surface area contributed by atoms with Gasteiger partial charge in [0, 0.05) is 128 Å². The highest BCUT2D eigenvalue weighted by Crippen LogP contribution is 2.34. The van der Waals surface area contributed by atoms with Crippen molar-refractivity contribution in [2.75, 3.05) is 0 Å². The van der Waals surface area contributed by atoms with Gasteiger partial charge in [0.15, 0.2) is 11.3 Å². The second kappa shape index (κ2) is 30.3. The monoisotopic (exact) mass is 1470 g/mol. The normalized spacial score (nSPS) is 12.1. The summed E-state index contributed by atoms with van der Waals surface area (Å²) < 4.78 is 13.3. The lowest BCUT2D eigenvalue weighted by molar-refractivity contribution is 0.0926. The highest BCUT2D eigenvalue weighted by atomic mass is 16.2. The summed E-state index contributed by atoms with van der Waals surface area (Å²) in [6.07, 6.45) is 20.7. The van der Waals surface area contributed by atoms with Crippen molar-refractivity contribution in [2.24, 2.45) is 21.1 Å². The van der Waals surface area contributed by atoms with Crippen molar-refractivity contribution in [1.29, 1.82) is 0 Å². The van der Waals surface area contributed by atoms with Crippen LogP contribution in [0, 0.1) is 20.8 Å². The van der Waals surface area contributed by atoms with E-state index in [9.17, 15) is 28.8 Å². The van der Waals surface area contributed by atoms with E-state index in [1.807, 2.05) is 224 Å². The van der Waals surface area contributed by atoms with E-state index >= 15 is 0 Å². The highest BCUT2D eigenvalue weighted by Gasteiger charge is 2.28. The Hall–Kier alpha value is -14.7. The van der Waals surface area contributed by atoms with Crippen LogP contribution in [0.25, 0.3) is 94.1 Å². The topological polar surface area (TPSA) is 293 Å². The van der Waals surface area contributed by atoms with E-state index in [0.717, 1.165) is 49.5 Å². The Morgan fingerprint density at radius 2 is 0.703 bits per heavy atom. The Balaban J connectivity index is 0.000000132. The molecule has 11 heterocycles. The Labute approximate surface area is 634 Å². The number of carbonyl (C=O) groups is 3. The molecule has 3 N–H and O–H groups in total. The van der Waals surface area contributed by atoms with Gasteiger partial charge in [-0.05, 0) is 141 Å². The molecule has 26 heteroatoms. The third kappa shape index (κ3) is 14.0. The second-order valence-electron chi connectivity index (χ2n) is 26.9. The van der Waals surface area contributed by atoms with Gasteiger partial charge in [-0.1, -0.05) is 109 Å². The van der Waals surface area contributed by atoms with Gasteiger partial charge < -0.3 is 16.0 Å². The molecule has 17 aromatic rings. The van der Waals surface area contributed by atoms with Crippen LogP contribution in [-0.4, -0.2) is 99.9 Å². The Morgan fingerprint density at radius 1 is 0.369 bits per heavy atom. The fourth-order valence-corrected chi connectivity index (χ4v) is 14.2. The number of fused-ring (bicyclic) bond motifs is 5. The third-order valence-corrected chi connectivity index (χ3v) is 19.4. The Morgan fingerprint density at radius 3 is 1.03 bits per heavy atom. The highest BCUT2D eigenvalue weighted by molar-refractivity contribution is 6.03. The number of nitrogens with zero attached hydrogens (tertiary/aromatic N) is 17. The summed E-state index contributed by atoms with van der Waals surface area (Å²) in [5.41, 5.74) is 12.4. The molecular weight excluding hydrogens is 1400 g/mol. The van der Waals surface area contributed by atoms with Gasteiger partial charge in [0.05, 0.1) is 70.0 Å². The molecule has 550 valence electrons. The van der Waals surface area contributed by atoms with E-state index in [1.54, 1.807) is 119 Å². The molecule has 0 unspecified atom stereocenters. The van der Waals surface area contributed by atoms with Crippen molar-refractivity contribution < 1.29 is 14.4 Å². The minimum absolute atomic E-state index is 0.167. The smallest absolute Gasteiger partial charge is 0.272 e. The molecule has 6 aromatic carbocycles. The molecule has 11 aromatic heterocycles. The number of rotatable bonds is 15. The summed E-state index contributed by atoms with van der Waals surface area (Å²) in [5.74, 6) is -0.959. The van der Waals surface area contributed by atoms with Crippen LogP contribution >= 0.6 is 0 Å². The van der Waals surface area contributed by atoms with Crippen LogP contribution in [-0.2, 0) is 21.1 Å². The summed E-state index contributed by atoms with van der Waals surface area (Å²) in [7, 11) is 5.54. The lowest BCUT2D eigenvalue weighted by atomic mass is 9.99. The number of amides is 3. The number of pyridine rings is 3. The summed E-state index contributed by atoms with van der Waals surface area (Å²) in [4.78, 5) is 99.4. The van der Waals surface area contributed by atoms with E-state index in [4.69, 9.17) is 0 Å². The maximum absolute atomic E-state index is 14.2. The number of hydrogen-bond acceptors (Lipinski definition) is 15. The maximum Gasteiger partial charge on any atom is 0.272 e. The van der Waals surface area contributed by atoms with Gasteiger partial charge in [0.1, 0.15) is 16.8 Å². The zero-order chi connectivity index (χ0) is 77.3. The molecule has 3 atom stereocenters. The van der Waals surface area contributed by atoms with Gasteiger partial charge in [-0.15, -0.1) is 0 Å². The van der Waals surface area contributed by atoms with Crippen LogP contribution in [0.3, 0.4) is 0 Å². The number of aromatic nitrogens is 17. The number of para-hydroxylation sites is 3. The fraction of sp³-hybridized carbons (Fsp3) is 0.141. The molecule has 0 fully saturated rings. The minimum atomic E-state index is -0.500. The van der Waals surface area contributed by atoms with Crippen LogP contribution in [0.4, 0.5) is 0 Å². The van der Waals surface area contributed by atoms with Crippen molar-refractivity contribution in [3.8, 4) is 50.4 Å². The Bertz CT molecular complexity index is 6350. The standard InChI is InChI=1S/2C29H25N7O2.C27H24N6O2/c2*1-18(32-28(37)25-19(2)33-35-14-8-13-30-27(25)35)24-15-20-9-7-12-23(21-16-31-34(3)17-21)26(20)29(38)36(24)22-10-5-4-6-11-22;1-17(31-26(34)25-18(2)28-12-13-29-25)23-14-19-8-7-11-22(20-15-30-32(3)16-20)24(19)27(35)33(23)21-9-5-4-6-10-21/h2*4-18H,1-3H3,(H,32,37);4-17H,1-3H3,(H,31,34)/t2*18-;17-/m000/s1. The molecule has 111 heavy (non-hydrogen) atoms. The van der Waals surface area contributed by atoms with Crippen LogP contribution in [0.1, 0.15) is 104 Å². The average Bonchev–Trinajstić information content (AvgIpc) is 1.26. The molecule has 0 bridgehead atoms. The van der Waals surface area contributed by atoms with Crippen LogP contribution < -0.4 is 32.6 Å². The number of nitrogens with one attached hydrogen (secondary N) is 3. The molecule has 3 amide bonds. The van der Waals surface area contributed by atoms with Crippen LogP contribution in [0.15, 0.2) is 265 Å². The van der Waals surface area contributed by atoms with Crippen molar-refractivity contribution in [2.45, 2.75) is 59.7 Å². The molecular formula is C85H74N20O6. The summed E-state index contributed by atoms with van der Waals surface area (Å²) in [6, 6.07) is 53.6. The van der Waals surface area contributed by atoms with E-state index < -0.39 is 18.1 Å². The first-order valence-corrected chi connectivity index (χ1v) is 35.8. The molecule has 26 nitrogen and oxygen atoms in total. The summed E-state index contributed by atoms with van der Waals surface area (Å²) in [6.45, 7) is 10.9. The quantitative estimate of drug-likeness (QED) is 0.0859. The summed E-state index contributed by atoms with van der Waals surface area (Å²) >= 11 is 0. The second-order valence-corrected chi connectivity index (χ2v) is 26.9. The van der Waals surface area contributed by atoms with Gasteiger partial charge in [-0.2, -0.15) is 25.5 Å². The van der Waals surface area contributed by atoms with Gasteiger partial charge >= 0.3 is 0 Å². The number of aryl methyl sites for hydroxylation is 6. The first kappa shape index (κ1) is 71.9. The largest absolute Gasteiger partial charge is 0.344 e. The van der Waals surface area contributed by atoms with Gasteiger partial charge in [0.25, 0.3) is 34.4 Å². The SMILES string of the molecule is Cc1nccnc1C(=O)N[C@@H](C)c1cc2cccc(-c3cnn(C)c3)c2c(=O)n1-c1ccccc1.Cc1nn2cccnc2c1C(=O)N[C@@H](C)c1cc2cccc(-c3cnn(C)c3)c2c(=O)n1-c1ccccc1.Cc1nn2cccnc2c1C(=O)N[C@@H](C)c1cc2cccc(-c3cnn(C)c3)c2c(=O)n1-c1ccccc1. The van der Waals surface area contributed by atoms with Crippen LogP contribution in [0.2, 0.25) is 0 Å². The molecule has 0 aliphatic heterocycles. The predicted molar refractivity (Wildman–Crippen MR) is 425 cm³/mol. The minimum Gasteiger partial charge on any atom is -0.344 e. The predicted octanol–water partition coefficient (Wildman–Crippen LogP) is 12.4. The van der Waals surface area contributed by atoms with Crippen molar-refractivity contribution in [3.05, 3.63) is 332 Å². The molecule has 0 saturated carbocycles. The van der Waals surface area contributed by atoms with E-state index in [2.05, 4.69) is 61.4 Å². The van der Waals surface area contributed by atoms with Gasteiger partial charge in [0.2, 0.25) is 0 Å². The molecule has 0 aliphatic rings. The first-order valence-electron chi connectivity index (χ1n) is 35.8. The fourth-order valence-electron chi connectivity index (χ4n) is 14.2. The molecule has 0 radical (unpaired) electrons. The maximum atomic E-state index is 14.2. The van der Waals surface area contributed by atoms with Crippen LogP contribution in [0.5, 0.6) is 0 Å². The van der Waals surface area contributed by atoms with Crippen molar-refractivity contribution in [3.63, 3.8) is 0 Å². The van der Waals surface area contributed by atoms with E-state index in [0.29, 0.717) is 89.8 Å². The van der Waals surface area contributed by atoms with Gasteiger partial charge in [-0.25, -0.2) is 24.0 Å². The zero-order valence-corrected chi connectivity index (χ0v) is 62.0. The number of carbonyl (C=O) groups excluding carboxylic acids is 3. The van der Waals surface area contributed by atoms with E-state index in [-0.39, 0.29) is 40.1 Å². The Kier molecular flexibility index (Phi) is 19.6. The molecule has 17 rings (SSSR count). The summed E-state index contributed by atoms with van der Waals surface area (Å²) in [5, 5.41) is 34.9. The van der Waals surface area contributed by atoms with Crippen molar-refractivity contribution >= 4 is 61.3 Å². The first-order chi connectivity index (χ1) is 53.8. The lowest BCUT2D eigenvalue weighted by Gasteiger charge is -2.21. The van der Waals surface area contributed by atoms with Crippen molar-refractivity contribution in [1.82, 2.24) is 98.2 Å². The van der Waals surface area contributed by atoms with E-state index in [1.165, 1.54) is 6.20 Å². The third-order valence-electron chi connectivity index (χ3n) is 19.4. The molecule has 0 spiro atoms. The number of hydrogen-bond donors (Lipinski definition) is 3. The number of benzene rings is 6. The zero-order valence-electron chi connectivity index (χ0n) is 62.0. The molecule has 0 aliphatic carbocycles. The lowest BCUT2D eigenvalue weighted by Crippen LogP contribution is -2.33. The van der Waals surface area contributed by atoms with Gasteiger partial charge in [-0.3, -0.25) is 61.5 Å². The molecule has 0 saturated heterocycles. The average molecular weight is 1470 g/mol.